The zero-order valence-corrected chi connectivity index (χ0v) is 22.9. The number of nitrogens with zero attached hydrogens (tertiary/aromatic N) is 3. The Bertz CT molecular complexity index is 1200. The molecular formula is C31H42N4O. The molecule has 5 heteroatoms. The van der Waals surface area contributed by atoms with Crippen molar-refractivity contribution in [2.24, 2.45) is 0 Å². The van der Waals surface area contributed by atoms with Crippen molar-refractivity contribution in [1.82, 2.24) is 20.1 Å². The lowest BCUT2D eigenvalue weighted by molar-refractivity contribution is 0.0293. The Labute approximate surface area is 217 Å². The average molecular weight is 487 g/mol. The molecule has 2 aromatic heterocycles. The molecule has 0 aliphatic carbocycles. The van der Waals surface area contributed by atoms with Crippen LogP contribution in [0.4, 0.5) is 0 Å². The van der Waals surface area contributed by atoms with Gasteiger partial charge in [0, 0.05) is 36.1 Å². The number of benzene rings is 1. The Hall–Kier alpha value is -3.02. The summed E-state index contributed by atoms with van der Waals surface area (Å²) in [6.07, 6.45) is 9.15. The molecule has 3 heterocycles. The molecule has 0 radical (unpaired) electrons. The number of morpholine rings is 1. The monoisotopic (exact) mass is 486 g/mol. The minimum Gasteiger partial charge on any atom is -0.379 e. The third-order valence-electron chi connectivity index (χ3n) is 6.39. The quantitative estimate of drug-likeness (QED) is 0.290. The van der Waals surface area contributed by atoms with Crippen LogP contribution in [0.3, 0.4) is 0 Å². The Balaban J connectivity index is 0.000000345. The van der Waals surface area contributed by atoms with Crippen LogP contribution < -0.4 is 0 Å². The summed E-state index contributed by atoms with van der Waals surface area (Å²) >= 11 is 0. The van der Waals surface area contributed by atoms with E-state index in [2.05, 4.69) is 85.8 Å². The molecule has 0 bridgehead atoms. The maximum absolute atomic E-state index is 5.50. The summed E-state index contributed by atoms with van der Waals surface area (Å²) in [4.78, 5) is 7.41. The van der Waals surface area contributed by atoms with Gasteiger partial charge >= 0.3 is 0 Å². The summed E-state index contributed by atoms with van der Waals surface area (Å²) in [5.74, 6) is 0. The summed E-state index contributed by atoms with van der Waals surface area (Å²) in [5.41, 5.74) is 7.76. The topological polar surface area (TPSA) is 54.0 Å². The molecule has 0 unspecified atom stereocenters. The predicted molar refractivity (Wildman–Crippen MR) is 152 cm³/mol. The molecule has 1 fully saturated rings. The molecule has 0 saturated carbocycles. The van der Waals surface area contributed by atoms with Crippen molar-refractivity contribution in [3.63, 3.8) is 0 Å². The molecule has 0 spiro atoms. The van der Waals surface area contributed by atoms with Crippen LogP contribution in [0.2, 0.25) is 0 Å². The maximum Gasteiger partial charge on any atom is 0.182 e. The molecule has 1 aliphatic rings. The van der Waals surface area contributed by atoms with E-state index in [4.69, 9.17) is 9.72 Å². The largest absolute Gasteiger partial charge is 0.379 e. The van der Waals surface area contributed by atoms with Crippen molar-refractivity contribution in [1.29, 1.82) is 0 Å². The van der Waals surface area contributed by atoms with E-state index < -0.39 is 0 Å². The van der Waals surface area contributed by atoms with Crippen molar-refractivity contribution in [3.05, 3.63) is 83.7 Å². The number of hydrogen-bond acceptors (Lipinski definition) is 4. The first-order chi connectivity index (χ1) is 17.2. The summed E-state index contributed by atoms with van der Waals surface area (Å²) in [6, 6.07) is 11.0. The van der Waals surface area contributed by atoms with Crippen molar-refractivity contribution in [3.8, 4) is 11.1 Å². The SMILES string of the molecule is C=C(C)CC=C/C=C\C.Cc1ccc(-c2cc(C(C)(C)CN3CCOCC3)nc3n[nH]c(C)c23)cc1. The maximum atomic E-state index is 5.50. The number of rotatable bonds is 7. The van der Waals surface area contributed by atoms with E-state index in [1.54, 1.807) is 0 Å². The van der Waals surface area contributed by atoms with Gasteiger partial charge in [-0.2, -0.15) is 5.10 Å². The van der Waals surface area contributed by atoms with Crippen LogP contribution in [0.15, 0.2) is 66.8 Å². The molecule has 1 saturated heterocycles. The second-order valence-corrected chi connectivity index (χ2v) is 10.4. The van der Waals surface area contributed by atoms with Crippen molar-refractivity contribution < 1.29 is 4.74 Å². The number of aromatic nitrogens is 3. The van der Waals surface area contributed by atoms with Gasteiger partial charge in [0.15, 0.2) is 5.65 Å². The number of pyridine rings is 1. The third-order valence-corrected chi connectivity index (χ3v) is 6.39. The Morgan fingerprint density at radius 1 is 1.14 bits per heavy atom. The highest BCUT2D eigenvalue weighted by Gasteiger charge is 2.28. The summed E-state index contributed by atoms with van der Waals surface area (Å²) < 4.78 is 5.50. The third kappa shape index (κ3) is 7.49. The lowest BCUT2D eigenvalue weighted by Gasteiger charge is -2.34. The van der Waals surface area contributed by atoms with E-state index in [0.717, 1.165) is 61.7 Å². The van der Waals surface area contributed by atoms with Crippen molar-refractivity contribution in [2.75, 3.05) is 32.8 Å². The second kappa shape index (κ2) is 12.8. The lowest BCUT2D eigenvalue weighted by Crippen LogP contribution is -2.43. The van der Waals surface area contributed by atoms with Crippen LogP contribution in [-0.4, -0.2) is 52.9 Å². The Kier molecular flexibility index (Phi) is 9.80. The van der Waals surface area contributed by atoms with E-state index in [-0.39, 0.29) is 5.41 Å². The molecule has 4 rings (SSSR count). The zero-order chi connectivity index (χ0) is 26.1. The van der Waals surface area contributed by atoms with Crippen LogP contribution >= 0.6 is 0 Å². The van der Waals surface area contributed by atoms with Gasteiger partial charge in [-0.1, -0.05) is 80.1 Å². The number of nitrogens with one attached hydrogen (secondary N) is 1. The minimum atomic E-state index is -0.0716. The van der Waals surface area contributed by atoms with Crippen LogP contribution in [-0.2, 0) is 10.2 Å². The smallest absolute Gasteiger partial charge is 0.182 e. The van der Waals surface area contributed by atoms with Gasteiger partial charge < -0.3 is 4.74 Å². The van der Waals surface area contributed by atoms with Gasteiger partial charge in [0.1, 0.15) is 0 Å². The number of aryl methyl sites for hydroxylation is 2. The number of hydrogen-bond donors (Lipinski definition) is 1. The molecule has 1 N–H and O–H groups in total. The van der Waals surface area contributed by atoms with E-state index in [1.165, 1.54) is 22.3 Å². The standard InChI is InChI=1S/C22H28N4O.C9H14/c1-15-5-7-17(8-6-15)18-13-19(23-21-20(18)16(2)24-25-21)22(3,4)14-26-9-11-27-12-10-26;1-4-5-6-7-8-9(2)3/h5-8,13H,9-12,14H2,1-4H3,(H,23,24,25);4-7H,2,8H2,1,3H3/b;5-4-,7-6?. The first-order valence-electron chi connectivity index (χ1n) is 12.9. The van der Waals surface area contributed by atoms with E-state index in [9.17, 15) is 0 Å². The predicted octanol–water partition coefficient (Wildman–Crippen LogP) is 6.94. The number of fused-ring (bicyclic) bond motifs is 1. The van der Waals surface area contributed by atoms with Gasteiger partial charge in [-0.15, -0.1) is 0 Å². The fraction of sp³-hybridized carbons (Fsp3) is 0.419. The number of aromatic amines is 1. The fourth-order valence-electron chi connectivity index (χ4n) is 4.34. The van der Waals surface area contributed by atoms with Gasteiger partial charge in [0.05, 0.1) is 18.9 Å². The van der Waals surface area contributed by atoms with Crippen molar-refractivity contribution >= 4 is 11.0 Å². The van der Waals surface area contributed by atoms with Crippen molar-refractivity contribution in [2.45, 2.75) is 53.4 Å². The van der Waals surface area contributed by atoms with Gasteiger partial charge in [0.25, 0.3) is 0 Å². The first-order valence-corrected chi connectivity index (χ1v) is 12.9. The van der Waals surface area contributed by atoms with Gasteiger partial charge in [-0.3, -0.25) is 10.00 Å². The molecule has 36 heavy (non-hydrogen) atoms. The number of allylic oxidation sites excluding steroid dienone is 5. The molecule has 1 aliphatic heterocycles. The van der Waals surface area contributed by atoms with Gasteiger partial charge in [-0.05, 0) is 51.3 Å². The molecular weight excluding hydrogens is 444 g/mol. The minimum absolute atomic E-state index is 0.0716. The highest BCUT2D eigenvalue weighted by Crippen LogP contribution is 2.34. The summed E-state index contributed by atoms with van der Waals surface area (Å²) in [6.45, 7) is 21.1. The van der Waals surface area contributed by atoms with Gasteiger partial charge in [0.2, 0.25) is 0 Å². The molecule has 0 atom stereocenters. The van der Waals surface area contributed by atoms with Crippen LogP contribution in [0, 0.1) is 13.8 Å². The van der Waals surface area contributed by atoms with E-state index in [1.807, 2.05) is 32.1 Å². The molecule has 5 nitrogen and oxygen atoms in total. The normalized spacial score (nSPS) is 14.9. The fourth-order valence-corrected chi connectivity index (χ4v) is 4.34. The van der Waals surface area contributed by atoms with E-state index >= 15 is 0 Å². The zero-order valence-electron chi connectivity index (χ0n) is 22.9. The van der Waals surface area contributed by atoms with Crippen LogP contribution in [0.1, 0.15) is 51.1 Å². The molecule has 1 aromatic carbocycles. The summed E-state index contributed by atoms with van der Waals surface area (Å²) in [5, 5.41) is 8.71. The van der Waals surface area contributed by atoms with Gasteiger partial charge in [-0.25, -0.2) is 4.98 Å². The Morgan fingerprint density at radius 2 is 1.83 bits per heavy atom. The molecule has 192 valence electrons. The molecule has 0 amide bonds. The highest BCUT2D eigenvalue weighted by molar-refractivity contribution is 5.94. The second-order valence-electron chi connectivity index (χ2n) is 10.4. The molecule has 3 aromatic rings. The highest BCUT2D eigenvalue weighted by atomic mass is 16.5. The number of ether oxygens (including phenoxy) is 1. The van der Waals surface area contributed by atoms with E-state index in [0.29, 0.717) is 0 Å². The number of H-pyrrole nitrogens is 1. The summed E-state index contributed by atoms with van der Waals surface area (Å²) in [7, 11) is 0. The lowest BCUT2D eigenvalue weighted by atomic mass is 9.86. The first kappa shape index (κ1) is 27.6. The van der Waals surface area contributed by atoms with Crippen LogP contribution in [0.25, 0.3) is 22.2 Å². The Morgan fingerprint density at radius 3 is 2.47 bits per heavy atom. The average Bonchev–Trinajstić information content (AvgIpc) is 3.23. The van der Waals surface area contributed by atoms with Crippen LogP contribution in [0.5, 0.6) is 0 Å².